The first-order valence-corrected chi connectivity index (χ1v) is 9.27. The molecule has 3 heterocycles. The third-order valence-electron chi connectivity index (χ3n) is 5.05. The van der Waals surface area contributed by atoms with Crippen molar-refractivity contribution in [3.05, 3.63) is 46.8 Å². The Morgan fingerprint density at radius 3 is 2.85 bits per heavy atom. The number of aromatic nitrogens is 2. The number of amides is 1. The molecular weight excluding hydrogens is 330 g/mol. The van der Waals surface area contributed by atoms with Crippen molar-refractivity contribution in [3.63, 3.8) is 0 Å². The fraction of sp³-hybridized carbons (Fsp3) is 0.474. The number of H-pyrrole nitrogens is 1. The van der Waals surface area contributed by atoms with Crippen molar-refractivity contribution in [2.75, 3.05) is 44.7 Å². The summed E-state index contributed by atoms with van der Waals surface area (Å²) in [5.41, 5.74) is 4.60. The van der Waals surface area contributed by atoms with Crippen molar-refractivity contribution in [2.24, 2.45) is 0 Å². The van der Waals surface area contributed by atoms with Gasteiger partial charge in [0.05, 0.1) is 13.2 Å². The van der Waals surface area contributed by atoms with Gasteiger partial charge in [-0.05, 0) is 24.1 Å². The Balaban J connectivity index is 1.33. The van der Waals surface area contributed by atoms with E-state index in [9.17, 15) is 4.79 Å². The first-order valence-electron chi connectivity index (χ1n) is 9.27. The molecule has 3 N–H and O–H groups in total. The number of fused-ring (bicyclic) bond motifs is 1. The van der Waals surface area contributed by atoms with E-state index in [4.69, 9.17) is 4.74 Å². The third-order valence-corrected chi connectivity index (χ3v) is 5.05. The van der Waals surface area contributed by atoms with E-state index in [0.717, 1.165) is 69.2 Å². The maximum atomic E-state index is 12.5. The van der Waals surface area contributed by atoms with Gasteiger partial charge in [-0.3, -0.25) is 14.8 Å². The van der Waals surface area contributed by atoms with Crippen LogP contribution in [0, 0.1) is 0 Å². The highest BCUT2D eigenvalue weighted by Gasteiger charge is 2.21. The minimum Gasteiger partial charge on any atom is -0.379 e. The predicted molar refractivity (Wildman–Crippen MR) is 99.4 cm³/mol. The van der Waals surface area contributed by atoms with Crippen LogP contribution in [0.2, 0.25) is 0 Å². The summed E-state index contributed by atoms with van der Waals surface area (Å²) in [5, 5.41) is 13.4. The Morgan fingerprint density at radius 2 is 2.04 bits per heavy atom. The summed E-state index contributed by atoms with van der Waals surface area (Å²) in [5.74, 6) is -0.160. The number of carbonyl (C=O) groups is 1. The maximum Gasteiger partial charge on any atom is 0.276 e. The van der Waals surface area contributed by atoms with Crippen molar-refractivity contribution in [1.29, 1.82) is 0 Å². The van der Waals surface area contributed by atoms with Gasteiger partial charge in [0.15, 0.2) is 5.69 Å². The van der Waals surface area contributed by atoms with E-state index in [1.807, 2.05) is 12.1 Å². The van der Waals surface area contributed by atoms with Gasteiger partial charge < -0.3 is 15.4 Å². The number of ether oxygens (including phenoxy) is 1. The fourth-order valence-corrected chi connectivity index (χ4v) is 3.47. The number of hydrogen-bond donors (Lipinski definition) is 3. The third kappa shape index (κ3) is 3.95. The molecule has 1 fully saturated rings. The number of anilines is 1. The maximum absolute atomic E-state index is 12.5. The highest BCUT2D eigenvalue weighted by atomic mass is 16.5. The van der Waals surface area contributed by atoms with Gasteiger partial charge in [0, 0.05) is 56.1 Å². The number of nitrogens with one attached hydrogen (secondary N) is 3. The van der Waals surface area contributed by atoms with Gasteiger partial charge in [0.1, 0.15) is 0 Å². The summed E-state index contributed by atoms with van der Waals surface area (Å²) in [6.45, 7) is 6.33. The lowest BCUT2D eigenvalue weighted by atomic mass is 10.1. The number of benzene rings is 1. The number of carbonyl (C=O) groups excluding carboxylic acids is 1. The fourth-order valence-electron chi connectivity index (χ4n) is 3.47. The molecule has 0 saturated carbocycles. The molecule has 0 spiro atoms. The van der Waals surface area contributed by atoms with Crippen LogP contribution in [0.1, 0.15) is 27.3 Å². The summed E-state index contributed by atoms with van der Waals surface area (Å²) in [4.78, 5) is 14.9. The molecule has 7 heteroatoms. The van der Waals surface area contributed by atoms with Crippen LogP contribution in [0.25, 0.3) is 0 Å². The molecule has 7 nitrogen and oxygen atoms in total. The number of hydrogen-bond acceptors (Lipinski definition) is 5. The summed E-state index contributed by atoms with van der Waals surface area (Å²) in [6.07, 6.45) is 1.89. The monoisotopic (exact) mass is 355 g/mol. The average molecular weight is 355 g/mol. The van der Waals surface area contributed by atoms with Gasteiger partial charge >= 0.3 is 0 Å². The van der Waals surface area contributed by atoms with Gasteiger partial charge in [-0.15, -0.1) is 0 Å². The van der Waals surface area contributed by atoms with E-state index < -0.39 is 0 Å². The lowest BCUT2D eigenvalue weighted by molar-refractivity contribution is 0.0384. The van der Waals surface area contributed by atoms with Gasteiger partial charge in [-0.25, -0.2) is 0 Å². The van der Waals surface area contributed by atoms with Crippen LogP contribution in [-0.4, -0.2) is 60.4 Å². The molecule has 2 aliphatic heterocycles. The Kier molecular flexibility index (Phi) is 5.29. The Labute approximate surface area is 153 Å². The average Bonchev–Trinajstić information content (AvgIpc) is 3.12. The molecule has 1 aromatic heterocycles. The first kappa shape index (κ1) is 17.2. The van der Waals surface area contributed by atoms with Crippen LogP contribution >= 0.6 is 0 Å². The van der Waals surface area contributed by atoms with Crippen molar-refractivity contribution >= 4 is 11.6 Å². The Bertz CT molecular complexity index is 750. The molecule has 2 aromatic rings. The van der Waals surface area contributed by atoms with Crippen molar-refractivity contribution in [2.45, 2.75) is 19.4 Å². The van der Waals surface area contributed by atoms with E-state index in [1.165, 1.54) is 5.56 Å². The molecule has 0 unspecified atom stereocenters. The molecule has 1 amide bonds. The number of rotatable bonds is 5. The second-order valence-electron chi connectivity index (χ2n) is 6.81. The van der Waals surface area contributed by atoms with Gasteiger partial charge in [0.2, 0.25) is 0 Å². The quantitative estimate of drug-likeness (QED) is 0.750. The van der Waals surface area contributed by atoms with Crippen LogP contribution in [0.15, 0.2) is 24.3 Å². The highest BCUT2D eigenvalue weighted by molar-refractivity contribution is 6.04. The summed E-state index contributed by atoms with van der Waals surface area (Å²) < 4.78 is 5.38. The molecule has 138 valence electrons. The number of nitrogens with zero attached hydrogens (tertiary/aromatic N) is 2. The minimum atomic E-state index is -0.160. The second kappa shape index (κ2) is 7.99. The van der Waals surface area contributed by atoms with E-state index in [-0.39, 0.29) is 5.91 Å². The smallest absolute Gasteiger partial charge is 0.276 e. The standard InChI is InChI=1S/C19H25N5O2/c25-19(18-16-13-20-7-5-17(16)22-23-18)21-15-3-1-14(2-4-15)6-8-24-9-11-26-12-10-24/h1-4,20H,5-13H2,(H,21,25)(H,22,23). The number of morpholine rings is 1. The lowest BCUT2D eigenvalue weighted by Crippen LogP contribution is -2.37. The molecule has 0 aliphatic carbocycles. The molecule has 1 aromatic carbocycles. The van der Waals surface area contributed by atoms with E-state index >= 15 is 0 Å². The van der Waals surface area contributed by atoms with Gasteiger partial charge in [-0.2, -0.15) is 5.10 Å². The van der Waals surface area contributed by atoms with Gasteiger partial charge in [-0.1, -0.05) is 12.1 Å². The molecule has 1 saturated heterocycles. The Hall–Kier alpha value is -2.22. The van der Waals surface area contributed by atoms with Crippen LogP contribution in [-0.2, 0) is 24.1 Å². The van der Waals surface area contributed by atoms with Crippen molar-refractivity contribution < 1.29 is 9.53 Å². The largest absolute Gasteiger partial charge is 0.379 e. The molecule has 0 bridgehead atoms. The molecule has 2 aliphatic rings. The van der Waals surface area contributed by atoms with E-state index in [2.05, 4.69) is 37.9 Å². The van der Waals surface area contributed by atoms with Crippen LogP contribution < -0.4 is 10.6 Å². The normalized spacial score (nSPS) is 17.7. The summed E-state index contributed by atoms with van der Waals surface area (Å²) in [6, 6.07) is 8.09. The SMILES string of the molecule is O=C(Nc1ccc(CCN2CCOCC2)cc1)c1n[nH]c2c1CNCC2. The zero-order valence-electron chi connectivity index (χ0n) is 14.9. The Morgan fingerprint density at radius 1 is 1.23 bits per heavy atom. The molecule has 26 heavy (non-hydrogen) atoms. The molecule has 0 atom stereocenters. The molecular formula is C19H25N5O2. The number of aromatic amines is 1. The van der Waals surface area contributed by atoms with E-state index in [0.29, 0.717) is 12.2 Å². The zero-order valence-corrected chi connectivity index (χ0v) is 14.9. The molecule has 0 radical (unpaired) electrons. The molecule has 4 rings (SSSR count). The lowest BCUT2D eigenvalue weighted by Gasteiger charge is -2.26. The highest BCUT2D eigenvalue weighted by Crippen LogP contribution is 2.17. The van der Waals surface area contributed by atoms with E-state index in [1.54, 1.807) is 0 Å². The predicted octanol–water partition coefficient (Wildman–Crippen LogP) is 1.18. The van der Waals surface area contributed by atoms with Crippen molar-refractivity contribution in [3.8, 4) is 0 Å². The van der Waals surface area contributed by atoms with Crippen LogP contribution in [0.4, 0.5) is 5.69 Å². The minimum absolute atomic E-state index is 0.160. The van der Waals surface area contributed by atoms with Crippen molar-refractivity contribution in [1.82, 2.24) is 20.4 Å². The van der Waals surface area contributed by atoms with Crippen LogP contribution in [0.5, 0.6) is 0 Å². The summed E-state index contributed by atoms with van der Waals surface area (Å²) >= 11 is 0. The zero-order chi connectivity index (χ0) is 17.8. The van der Waals surface area contributed by atoms with Gasteiger partial charge in [0.25, 0.3) is 5.91 Å². The topological polar surface area (TPSA) is 82.3 Å². The first-order chi connectivity index (χ1) is 12.8. The van der Waals surface area contributed by atoms with Crippen LogP contribution in [0.3, 0.4) is 0 Å². The summed E-state index contributed by atoms with van der Waals surface area (Å²) in [7, 11) is 0. The second-order valence-corrected chi connectivity index (χ2v) is 6.81.